The summed E-state index contributed by atoms with van der Waals surface area (Å²) >= 11 is 0. The van der Waals surface area contributed by atoms with E-state index >= 15 is 0 Å². The van der Waals surface area contributed by atoms with Crippen molar-refractivity contribution in [2.24, 2.45) is 0 Å². The molecule has 34 heavy (non-hydrogen) atoms. The minimum atomic E-state index is -1.97. The summed E-state index contributed by atoms with van der Waals surface area (Å²) < 4.78 is 16.3. The smallest absolute Gasteiger partial charge is 0.264 e. The lowest BCUT2D eigenvalue weighted by molar-refractivity contribution is -0.135. The summed E-state index contributed by atoms with van der Waals surface area (Å²) in [5.74, 6) is 0.659. The van der Waals surface area contributed by atoms with Crippen molar-refractivity contribution in [1.82, 2.24) is 0 Å². The molecule has 1 N–H and O–H groups in total. The first-order chi connectivity index (χ1) is 16.4. The highest BCUT2D eigenvalue weighted by molar-refractivity contribution is 6.10. The van der Waals surface area contributed by atoms with E-state index in [-0.39, 0.29) is 18.9 Å². The van der Waals surface area contributed by atoms with E-state index in [2.05, 4.69) is 0 Å². The highest BCUT2D eigenvalue weighted by Gasteiger charge is 2.50. The average Bonchev–Trinajstić information content (AvgIpc) is 3.05. The van der Waals surface area contributed by atoms with Gasteiger partial charge in [0.05, 0.1) is 32.9 Å². The van der Waals surface area contributed by atoms with Gasteiger partial charge in [0.15, 0.2) is 22.9 Å². The Morgan fingerprint density at radius 3 is 2.47 bits per heavy atom. The number of Topliss-reactive ketones (excluding diaryl/α,β-unsaturated/α-hetero) is 1. The maximum Gasteiger partial charge on any atom is 0.264 e. The third-order valence-electron chi connectivity index (χ3n) is 5.93. The van der Waals surface area contributed by atoms with Gasteiger partial charge in [0.25, 0.3) is 5.91 Å². The monoisotopic (exact) mass is 461 g/mol. The van der Waals surface area contributed by atoms with Crippen LogP contribution in [0.15, 0.2) is 66.7 Å². The van der Waals surface area contributed by atoms with Crippen LogP contribution in [0.2, 0.25) is 0 Å². The number of methoxy groups -OCH3 is 2. The fourth-order valence-electron chi connectivity index (χ4n) is 4.20. The number of para-hydroxylation sites is 1. The van der Waals surface area contributed by atoms with E-state index in [0.717, 1.165) is 5.56 Å². The lowest BCUT2D eigenvalue weighted by Crippen LogP contribution is -2.43. The number of carbonyl (C=O) groups excluding carboxylic acids is 2. The number of hydrogen-bond acceptors (Lipinski definition) is 6. The number of fused-ring (bicyclic) bond motifs is 1. The molecule has 7 heteroatoms. The molecule has 3 aromatic rings. The summed E-state index contributed by atoms with van der Waals surface area (Å²) in [4.78, 5) is 28.0. The fourth-order valence-corrected chi connectivity index (χ4v) is 4.20. The molecule has 1 aliphatic rings. The number of anilines is 1. The van der Waals surface area contributed by atoms with Crippen LogP contribution in [-0.2, 0) is 10.4 Å². The van der Waals surface area contributed by atoms with Gasteiger partial charge in [-0.3, -0.25) is 9.59 Å². The lowest BCUT2D eigenvalue weighted by atomic mass is 9.88. The van der Waals surface area contributed by atoms with Crippen molar-refractivity contribution in [2.45, 2.75) is 18.9 Å². The molecule has 0 fully saturated rings. The van der Waals surface area contributed by atoms with Gasteiger partial charge in [-0.2, -0.15) is 0 Å². The summed E-state index contributed by atoms with van der Waals surface area (Å²) in [6.07, 6.45) is -0.395. The number of aryl methyl sites for hydroxylation is 1. The number of rotatable bonds is 9. The van der Waals surface area contributed by atoms with E-state index in [1.165, 1.54) is 19.1 Å². The van der Waals surface area contributed by atoms with Gasteiger partial charge in [-0.05, 0) is 48.9 Å². The van der Waals surface area contributed by atoms with Crippen LogP contribution in [0.5, 0.6) is 17.2 Å². The van der Waals surface area contributed by atoms with Gasteiger partial charge in [0.2, 0.25) is 0 Å². The Morgan fingerprint density at radius 2 is 1.74 bits per heavy atom. The number of aliphatic hydroxyl groups is 1. The summed E-state index contributed by atoms with van der Waals surface area (Å²) in [6, 6.07) is 19.4. The first-order valence-corrected chi connectivity index (χ1v) is 11.0. The zero-order valence-corrected chi connectivity index (χ0v) is 19.4. The predicted molar refractivity (Wildman–Crippen MR) is 128 cm³/mol. The number of amides is 1. The Hall–Kier alpha value is -3.84. The van der Waals surface area contributed by atoms with Crippen LogP contribution in [0.25, 0.3) is 0 Å². The van der Waals surface area contributed by atoms with Crippen LogP contribution in [0.1, 0.15) is 27.9 Å². The second-order valence-corrected chi connectivity index (χ2v) is 8.17. The van der Waals surface area contributed by atoms with Crippen LogP contribution in [-0.4, -0.2) is 44.2 Å². The molecule has 0 spiro atoms. The molecule has 0 aromatic heterocycles. The molecule has 176 valence electrons. The third-order valence-corrected chi connectivity index (χ3v) is 5.93. The van der Waals surface area contributed by atoms with Crippen molar-refractivity contribution >= 4 is 17.4 Å². The van der Waals surface area contributed by atoms with Crippen molar-refractivity contribution in [3.05, 3.63) is 83.4 Å². The summed E-state index contributed by atoms with van der Waals surface area (Å²) in [7, 11) is 2.99. The second kappa shape index (κ2) is 9.57. The van der Waals surface area contributed by atoms with Gasteiger partial charge >= 0.3 is 0 Å². The predicted octanol–water partition coefficient (Wildman–Crippen LogP) is 3.90. The summed E-state index contributed by atoms with van der Waals surface area (Å²) in [6.45, 7) is 2.45. The van der Waals surface area contributed by atoms with Crippen molar-refractivity contribution in [3.63, 3.8) is 0 Å². The van der Waals surface area contributed by atoms with Crippen LogP contribution >= 0.6 is 0 Å². The zero-order chi connectivity index (χ0) is 24.3. The molecule has 3 aromatic carbocycles. The Bertz CT molecular complexity index is 1220. The van der Waals surface area contributed by atoms with Gasteiger partial charge in [0.1, 0.15) is 12.4 Å². The number of ether oxygens (including phenoxy) is 3. The molecule has 1 unspecified atom stereocenters. The Labute approximate surface area is 198 Å². The molecule has 0 aliphatic carbocycles. The van der Waals surface area contributed by atoms with Gasteiger partial charge in [-0.25, -0.2) is 0 Å². The molecule has 1 aliphatic heterocycles. The van der Waals surface area contributed by atoms with Crippen LogP contribution in [0.3, 0.4) is 0 Å². The van der Waals surface area contributed by atoms with Crippen molar-refractivity contribution in [2.75, 3.05) is 32.3 Å². The normalized spacial score (nSPS) is 16.8. The summed E-state index contributed by atoms with van der Waals surface area (Å²) in [5.41, 5.74) is 0.401. The first kappa shape index (κ1) is 23.3. The Morgan fingerprint density at radius 1 is 0.971 bits per heavy atom. The highest BCUT2D eigenvalue weighted by atomic mass is 16.5. The Kier molecular flexibility index (Phi) is 6.56. The van der Waals surface area contributed by atoms with Crippen LogP contribution < -0.4 is 19.1 Å². The van der Waals surface area contributed by atoms with Gasteiger partial charge in [-0.1, -0.05) is 30.3 Å². The maximum atomic E-state index is 13.4. The number of hydrogen-bond donors (Lipinski definition) is 1. The van der Waals surface area contributed by atoms with Crippen LogP contribution in [0, 0.1) is 6.92 Å². The maximum absolute atomic E-state index is 13.4. The number of nitrogens with zero attached hydrogens (tertiary/aromatic N) is 1. The molecule has 4 rings (SSSR count). The lowest BCUT2D eigenvalue weighted by Gasteiger charge is -2.23. The molecule has 0 bridgehead atoms. The SMILES string of the molecule is COc1ccc(C(=O)CC2(O)C(=O)N(CCOc3cccc(C)c3)c3ccccc32)cc1OC. The van der Waals surface area contributed by atoms with E-state index in [9.17, 15) is 14.7 Å². The number of benzene rings is 3. The third kappa shape index (κ3) is 4.34. The van der Waals surface area contributed by atoms with E-state index in [1.807, 2.05) is 31.2 Å². The van der Waals surface area contributed by atoms with E-state index < -0.39 is 17.9 Å². The average molecular weight is 462 g/mol. The van der Waals surface area contributed by atoms with Gasteiger partial charge < -0.3 is 24.2 Å². The van der Waals surface area contributed by atoms with Gasteiger partial charge in [-0.15, -0.1) is 0 Å². The summed E-state index contributed by atoms with van der Waals surface area (Å²) in [5, 5.41) is 11.5. The standard InChI is InChI=1S/C27H27NO6/c1-18-7-6-8-20(15-18)34-14-13-28-22-10-5-4-9-21(22)27(31,26(28)30)17-23(29)19-11-12-24(32-2)25(16-19)33-3/h4-12,15-16,31H,13-14,17H2,1-3H3. The first-order valence-electron chi connectivity index (χ1n) is 11.0. The topological polar surface area (TPSA) is 85.3 Å². The molecular formula is C27H27NO6. The van der Waals surface area contributed by atoms with Crippen molar-refractivity contribution < 1.29 is 28.9 Å². The zero-order valence-electron chi connectivity index (χ0n) is 19.4. The molecule has 1 amide bonds. The molecule has 0 saturated heterocycles. The van der Waals surface area contributed by atoms with Crippen LogP contribution in [0.4, 0.5) is 5.69 Å². The fraction of sp³-hybridized carbons (Fsp3) is 0.259. The van der Waals surface area contributed by atoms with E-state index in [4.69, 9.17) is 14.2 Å². The molecule has 0 saturated carbocycles. The van der Waals surface area contributed by atoms with E-state index in [1.54, 1.807) is 42.5 Å². The van der Waals surface area contributed by atoms with Crippen molar-refractivity contribution in [3.8, 4) is 17.2 Å². The Balaban J connectivity index is 1.54. The molecule has 1 atom stereocenters. The molecular weight excluding hydrogens is 434 g/mol. The van der Waals surface area contributed by atoms with Gasteiger partial charge in [0, 0.05) is 11.1 Å². The molecule has 1 heterocycles. The highest BCUT2D eigenvalue weighted by Crippen LogP contribution is 2.43. The van der Waals surface area contributed by atoms with Crippen molar-refractivity contribution in [1.29, 1.82) is 0 Å². The molecule has 0 radical (unpaired) electrons. The minimum Gasteiger partial charge on any atom is -0.493 e. The number of carbonyl (C=O) groups is 2. The number of ketones is 1. The quantitative estimate of drug-likeness (QED) is 0.487. The largest absolute Gasteiger partial charge is 0.493 e. The second-order valence-electron chi connectivity index (χ2n) is 8.17. The molecule has 7 nitrogen and oxygen atoms in total. The minimum absolute atomic E-state index is 0.233. The van der Waals surface area contributed by atoms with E-state index in [0.29, 0.717) is 34.1 Å².